The molecule has 1 aromatic rings. The van der Waals surface area contributed by atoms with E-state index in [1.807, 2.05) is 0 Å². The number of hydrogen-bond donors (Lipinski definition) is 3. The number of sulfonamides is 1. The standard InChI is InChI=1S/C12H20N4O2S/c1-12(2,3)16-19(17,18)10-7-5-4-6-9(10)8-15-11(13)14/h4-7,16H,8H2,1-3H3,(H4,13,14,15). The highest BCUT2D eigenvalue weighted by Gasteiger charge is 2.23. The SMILES string of the molecule is CC(C)(C)NS(=O)(=O)c1ccccc1CN=C(N)N. The van der Waals surface area contributed by atoms with Crippen LogP contribution in [0.1, 0.15) is 26.3 Å². The van der Waals surface area contributed by atoms with Crippen molar-refractivity contribution in [1.82, 2.24) is 4.72 Å². The molecule has 0 aliphatic heterocycles. The summed E-state index contributed by atoms with van der Waals surface area (Å²) in [5.74, 6) is -0.0732. The maximum absolute atomic E-state index is 12.3. The number of rotatable bonds is 4. The van der Waals surface area contributed by atoms with E-state index in [1.165, 1.54) is 6.07 Å². The molecule has 0 heterocycles. The van der Waals surface area contributed by atoms with Crippen LogP contribution in [0.25, 0.3) is 0 Å². The molecule has 19 heavy (non-hydrogen) atoms. The summed E-state index contributed by atoms with van der Waals surface area (Å²) in [6, 6.07) is 6.62. The molecule has 0 aromatic heterocycles. The van der Waals surface area contributed by atoms with Crippen LogP contribution in [-0.2, 0) is 16.6 Å². The monoisotopic (exact) mass is 284 g/mol. The number of nitrogens with zero attached hydrogens (tertiary/aromatic N) is 1. The minimum atomic E-state index is -3.60. The van der Waals surface area contributed by atoms with Crippen LogP contribution in [-0.4, -0.2) is 19.9 Å². The molecule has 5 N–H and O–H groups in total. The second-order valence-electron chi connectivity index (χ2n) is 5.20. The molecule has 0 atom stereocenters. The van der Waals surface area contributed by atoms with Crippen LogP contribution in [0.4, 0.5) is 0 Å². The third-order valence-electron chi connectivity index (χ3n) is 2.13. The van der Waals surface area contributed by atoms with Crippen molar-refractivity contribution in [2.24, 2.45) is 16.5 Å². The van der Waals surface area contributed by atoms with Crippen LogP contribution in [0, 0.1) is 0 Å². The van der Waals surface area contributed by atoms with Gasteiger partial charge in [-0.3, -0.25) is 0 Å². The molecule has 0 amide bonds. The number of hydrogen-bond acceptors (Lipinski definition) is 3. The van der Waals surface area contributed by atoms with Gasteiger partial charge in [-0.25, -0.2) is 18.1 Å². The Morgan fingerprint density at radius 3 is 2.37 bits per heavy atom. The predicted molar refractivity (Wildman–Crippen MR) is 76.0 cm³/mol. The Morgan fingerprint density at radius 2 is 1.84 bits per heavy atom. The lowest BCUT2D eigenvalue weighted by Gasteiger charge is -2.21. The lowest BCUT2D eigenvalue weighted by atomic mass is 10.1. The van der Waals surface area contributed by atoms with E-state index in [2.05, 4.69) is 9.71 Å². The molecule has 0 saturated heterocycles. The van der Waals surface area contributed by atoms with Gasteiger partial charge in [-0.1, -0.05) is 18.2 Å². The van der Waals surface area contributed by atoms with Gasteiger partial charge in [-0.2, -0.15) is 0 Å². The molecule has 0 radical (unpaired) electrons. The minimum absolute atomic E-state index is 0.0732. The lowest BCUT2D eigenvalue weighted by molar-refractivity contribution is 0.491. The van der Waals surface area contributed by atoms with Gasteiger partial charge < -0.3 is 11.5 Å². The molecular formula is C12H20N4O2S. The van der Waals surface area contributed by atoms with Gasteiger partial charge in [-0.15, -0.1) is 0 Å². The Labute approximate surface area is 114 Å². The Balaban J connectivity index is 3.17. The third kappa shape index (κ3) is 4.88. The summed E-state index contributed by atoms with van der Waals surface area (Å²) in [6.45, 7) is 5.47. The molecule has 0 aliphatic carbocycles. The Morgan fingerprint density at radius 1 is 1.26 bits per heavy atom. The van der Waals surface area contributed by atoms with E-state index in [9.17, 15) is 8.42 Å². The summed E-state index contributed by atoms with van der Waals surface area (Å²) >= 11 is 0. The Hall–Kier alpha value is -1.60. The topological polar surface area (TPSA) is 111 Å². The molecule has 0 saturated carbocycles. The normalized spacial score (nSPS) is 12.2. The third-order valence-corrected chi connectivity index (χ3v) is 3.99. The molecule has 7 heteroatoms. The zero-order valence-corrected chi connectivity index (χ0v) is 12.2. The quantitative estimate of drug-likeness (QED) is 0.553. The first-order valence-electron chi connectivity index (χ1n) is 5.79. The first kappa shape index (κ1) is 15.5. The summed E-state index contributed by atoms with van der Waals surface area (Å²) in [5.41, 5.74) is 10.5. The van der Waals surface area contributed by atoms with Crippen molar-refractivity contribution < 1.29 is 8.42 Å². The zero-order chi connectivity index (χ0) is 14.7. The highest BCUT2D eigenvalue weighted by molar-refractivity contribution is 7.89. The van der Waals surface area contributed by atoms with E-state index < -0.39 is 15.6 Å². The Bertz CT molecular complexity index is 570. The number of benzene rings is 1. The molecule has 0 spiro atoms. The van der Waals surface area contributed by atoms with Gasteiger partial charge in [0.2, 0.25) is 10.0 Å². The Kier molecular flexibility index (Phi) is 4.54. The van der Waals surface area contributed by atoms with E-state index >= 15 is 0 Å². The highest BCUT2D eigenvalue weighted by Crippen LogP contribution is 2.18. The molecule has 0 aliphatic rings. The summed E-state index contributed by atoms with van der Waals surface area (Å²) in [5, 5.41) is 0. The van der Waals surface area contributed by atoms with Crippen LogP contribution >= 0.6 is 0 Å². The largest absolute Gasteiger partial charge is 0.370 e. The summed E-state index contributed by atoms with van der Waals surface area (Å²) < 4.78 is 27.2. The van der Waals surface area contributed by atoms with Crippen LogP contribution in [0.3, 0.4) is 0 Å². The van der Waals surface area contributed by atoms with Crippen molar-refractivity contribution >= 4 is 16.0 Å². The van der Waals surface area contributed by atoms with Gasteiger partial charge in [0.05, 0.1) is 11.4 Å². The van der Waals surface area contributed by atoms with Crippen molar-refractivity contribution in [3.63, 3.8) is 0 Å². The highest BCUT2D eigenvalue weighted by atomic mass is 32.2. The average molecular weight is 284 g/mol. The van der Waals surface area contributed by atoms with Gasteiger partial charge in [0, 0.05) is 5.54 Å². The number of guanidine groups is 1. The molecule has 0 bridgehead atoms. The van der Waals surface area contributed by atoms with Crippen LogP contribution in [0.5, 0.6) is 0 Å². The summed E-state index contributed by atoms with van der Waals surface area (Å²) in [4.78, 5) is 4.04. The maximum Gasteiger partial charge on any atom is 0.241 e. The number of aliphatic imine (C=N–C) groups is 1. The summed E-state index contributed by atoms with van der Waals surface area (Å²) in [6.07, 6.45) is 0. The molecule has 6 nitrogen and oxygen atoms in total. The average Bonchev–Trinajstić information content (AvgIpc) is 2.23. The van der Waals surface area contributed by atoms with Gasteiger partial charge in [0.1, 0.15) is 0 Å². The molecule has 0 unspecified atom stereocenters. The number of nitrogens with two attached hydrogens (primary N) is 2. The van der Waals surface area contributed by atoms with E-state index in [1.54, 1.807) is 39.0 Å². The number of nitrogens with one attached hydrogen (secondary N) is 1. The van der Waals surface area contributed by atoms with Crippen molar-refractivity contribution in [1.29, 1.82) is 0 Å². The van der Waals surface area contributed by atoms with Crippen LogP contribution in [0.15, 0.2) is 34.2 Å². The van der Waals surface area contributed by atoms with Crippen molar-refractivity contribution in [3.05, 3.63) is 29.8 Å². The summed E-state index contributed by atoms with van der Waals surface area (Å²) in [7, 11) is -3.60. The fourth-order valence-electron chi connectivity index (χ4n) is 1.53. The first-order chi connectivity index (χ1) is 8.62. The fraction of sp³-hybridized carbons (Fsp3) is 0.417. The van der Waals surface area contributed by atoms with Gasteiger partial charge in [0.15, 0.2) is 5.96 Å². The zero-order valence-electron chi connectivity index (χ0n) is 11.3. The fourth-order valence-corrected chi connectivity index (χ4v) is 3.18. The second kappa shape index (κ2) is 5.58. The predicted octanol–water partition coefficient (Wildman–Crippen LogP) is 0.537. The molecule has 0 fully saturated rings. The van der Waals surface area contributed by atoms with E-state index in [4.69, 9.17) is 11.5 Å². The van der Waals surface area contributed by atoms with E-state index in [-0.39, 0.29) is 17.4 Å². The van der Waals surface area contributed by atoms with Gasteiger partial charge in [0.25, 0.3) is 0 Å². The lowest BCUT2D eigenvalue weighted by Crippen LogP contribution is -2.40. The van der Waals surface area contributed by atoms with Crippen LogP contribution in [0.2, 0.25) is 0 Å². The van der Waals surface area contributed by atoms with Crippen molar-refractivity contribution in [2.45, 2.75) is 37.8 Å². The molecule has 1 rings (SSSR count). The molecular weight excluding hydrogens is 264 g/mol. The van der Waals surface area contributed by atoms with Crippen molar-refractivity contribution in [3.8, 4) is 0 Å². The van der Waals surface area contributed by atoms with Gasteiger partial charge >= 0.3 is 0 Å². The molecule has 106 valence electrons. The van der Waals surface area contributed by atoms with E-state index in [0.29, 0.717) is 5.56 Å². The first-order valence-corrected chi connectivity index (χ1v) is 7.27. The molecule has 1 aromatic carbocycles. The maximum atomic E-state index is 12.3. The second-order valence-corrected chi connectivity index (χ2v) is 6.86. The van der Waals surface area contributed by atoms with E-state index in [0.717, 1.165) is 0 Å². The smallest absolute Gasteiger partial charge is 0.241 e. The minimum Gasteiger partial charge on any atom is -0.370 e. The van der Waals surface area contributed by atoms with Crippen molar-refractivity contribution in [2.75, 3.05) is 0 Å². The van der Waals surface area contributed by atoms with Gasteiger partial charge in [-0.05, 0) is 32.4 Å². The van der Waals surface area contributed by atoms with Crippen LogP contribution < -0.4 is 16.2 Å².